The van der Waals surface area contributed by atoms with Gasteiger partial charge in [-0.15, -0.1) is 0 Å². The molecule has 0 aromatic rings. The number of amides is 1. The molecule has 0 aromatic carbocycles. The topological polar surface area (TPSA) is 92.4 Å². The van der Waals surface area contributed by atoms with Gasteiger partial charge in [-0.1, -0.05) is 26.2 Å². The summed E-state index contributed by atoms with van der Waals surface area (Å²) in [7, 11) is 0. The Kier molecular flexibility index (Phi) is 4.93. The molecule has 1 aliphatic rings. The maximum absolute atomic E-state index is 11.9. The zero-order valence-corrected chi connectivity index (χ0v) is 10.4. The molecule has 0 aliphatic heterocycles. The van der Waals surface area contributed by atoms with Gasteiger partial charge in [0.1, 0.15) is 5.54 Å². The minimum absolute atomic E-state index is 0.195. The fourth-order valence-corrected chi connectivity index (χ4v) is 2.29. The van der Waals surface area contributed by atoms with Crippen LogP contribution < -0.4 is 11.1 Å². The summed E-state index contributed by atoms with van der Waals surface area (Å²) in [5.74, 6) is -1.33. The highest BCUT2D eigenvalue weighted by Gasteiger charge is 2.41. The lowest BCUT2D eigenvalue weighted by atomic mass is 9.81. The van der Waals surface area contributed by atoms with E-state index in [1.807, 2.05) is 0 Å². The van der Waals surface area contributed by atoms with E-state index >= 15 is 0 Å². The molecule has 5 heteroatoms. The third-order valence-corrected chi connectivity index (χ3v) is 3.53. The van der Waals surface area contributed by atoms with Crippen LogP contribution in [0, 0.1) is 5.92 Å². The fourth-order valence-electron chi connectivity index (χ4n) is 2.29. The SMILES string of the molecule is CC(CCN)C(=O)NC1(C(=O)O)CCCCC1. The van der Waals surface area contributed by atoms with Crippen LogP contribution in [0.25, 0.3) is 0 Å². The van der Waals surface area contributed by atoms with Crippen LogP contribution in [0.4, 0.5) is 0 Å². The van der Waals surface area contributed by atoms with E-state index in [2.05, 4.69) is 5.32 Å². The maximum atomic E-state index is 11.9. The summed E-state index contributed by atoms with van der Waals surface area (Å²) in [6.07, 6.45) is 4.41. The van der Waals surface area contributed by atoms with Gasteiger partial charge in [0.15, 0.2) is 0 Å². The van der Waals surface area contributed by atoms with Gasteiger partial charge in [-0.25, -0.2) is 4.79 Å². The Bertz CT molecular complexity index is 285. The molecule has 1 atom stereocenters. The van der Waals surface area contributed by atoms with Gasteiger partial charge in [0.2, 0.25) is 5.91 Å². The second-order valence-corrected chi connectivity index (χ2v) is 4.92. The zero-order chi connectivity index (χ0) is 12.9. The highest BCUT2D eigenvalue weighted by atomic mass is 16.4. The van der Waals surface area contributed by atoms with Crippen LogP contribution in [0.15, 0.2) is 0 Å². The molecule has 4 N–H and O–H groups in total. The lowest BCUT2D eigenvalue weighted by molar-refractivity contribution is -0.149. The van der Waals surface area contributed by atoms with Crippen molar-refractivity contribution in [1.82, 2.24) is 5.32 Å². The summed E-state index contributed by atoms with van der Waals surface area (Å²) < 4.78 is 0. The first kappa shape index (κ1) is 14.0. The average molecular weight is 242 g/mol. The number of aliphatic carboxylic acids is 1. The first-order chi connectivity index (χ1) is 8.02. The summed E-state index contributed by atoms with van der Waals surface area (Å²) in [6.45, 7) is 2.22. The van der Waals surface area contributed by atoms with Gasteiger partial charge >= 0.3 is 5.97 Å². The molecule has 1 saturated carbocycles. The van der Waals surface area contributed by atoms with E-state index in [9.17, 15) is 14.7 Å². The summed E-state index contributed by atoms with van der Waals surface area (Å²) >= 11 is 0. The van der Waals surface area contributed by atoms with E-state index in [1.54, 1.807) is 6.92 Å². The quantitative estimate of drug-likeness (QED) is 0.667. The largest absolute Gasteiger partial charge is 0.480 e. The first-order valence-corrected chi connectivity index (χ1v) is 6.27. The summed E-state index contributed by atoms with van der Waals surface area (Å²) in [4.78, 5) is 23.2. The predicted octanol–water partition coefficient (Wildman–Crippen LogP) is 0.875. The second-order valence-electron chi connectivity index (χ2n) is 4.92. The molecule has 1 aliphatic carbocycles. The molecule has 5 nitrogen and oxygen atoms in total. The molecule has 1 fully saturated rings. The van der Waals surface area contributed by atoms with Crippen LogP contribution in [-0.2, 0) is 9.59 Å². The van der Waals surface area contributed by atoms with E-state index in [1.165, 1.54) is 0 Å². The number of hydrogen-bond donors (Lipinski definition) is 3. The predicted molar refractivity (Wildman–Crippen MR) is 64.4 cm³/mol. The minimum atomic E-state index is -1.04. The van der Waals surface area contributed by atoms with Crippen molar-refractivity contribution in [3.05, 3.63) is 0 Å². The smallest absolute Gasteiger partial charge is 0.329 e. The number of rotatable bonds is 5. The molecule has 1 amide bonds. The van der Waals surface area contributed by atoms with Crippen molar-refractivity contribution >= 4 is 11.9 Å². The van der Waals surface area contributed by atoms with Crippen LogP contribution in [-0.4, -0.2) is 29.1 Å². The molecule has 17 heavy (non-hydrogen) atoms. The molecule has 0 aromatic heterocycles. The number of carbonyl (C=O) groups is 2. The van der Waals surface area contributed by atoms with Crippen molar-refractivity contribution in [2.75, 3.05) is 6.54 Å². The molecule has 98 valence electrons. The first-order valence-electron chi connectivity index (χ1n) is 6.27. The zero-order valence-electron chi connectivity index (χ0n) is 10.4. The minimum Gasteiger partial charge on any atom is -0.480 e. The number of carbonyl (C=O) groups excluding carboxylic acids is 1. The number of nitrogens with two attached hydrogens (primary N) is 1. The Labute approximate surface area is 102 Å². The Morgan fingerprint density at radius 2 is 1.94 bits per heavy atom. The number of hydrogen-bond acceptors (Lipinski definition) is 3. The number of carboxylic acid groups (broad SMARTS) is 1. The van der Waals surface area contributed by atoms with Gasteiger partial charge in [-0.3, -0.25) is 4.79 Å². The van der Waals surface area contributed by atoms with Crippen molar-refractivity contribution in [1.29, 1.82) is 0 Å². The van der Waals surface area contributed by atoms with E-state index in [0.717, 1.165) is 19.3 Å². The summed E-state index contributed by atoms with van der Waals surface area (Å²) in [6, 6.07) is 0. The van der Waals surface area contributed by atoms with Gasteiger partial charge < -0.3 is 16.2 Å². The molecule has 1 rings (SSSR count). The van der Waals surface area contributed by atoms with Crippen LogP contribution >= 0.6 is 0 Å². The van der Waals surface area contributed by atoms with Crippen molar-refractivity contribution in [3.63, 3.8) is 0 Å². The summed E-state index contributed by atoms with van der Waals surface area (Å²) in [5.41, 5.74) is 4.35. The number of nitrogens with one attached hydrogen (secondary N) is 1. The van der Waals surface area contributed by atoms with Crippen molar-refractivity contribution in [2.24, 2.45) is 11.7 Å². The van der Waals surface area contributed by atoms with E-state index in [4.69, 9.17) is 5.73 Å². The molecule has 1 unspecified atom stereocenters. The van der Waals surface area contributed by atoms with Gasteiger partial charge in [0, 0.05) is 5.92 Å². The van der Waals surface area contributed by atoms with Crippen LogP contribution in [0.1, 0.15) is 45.4 Å². The van der Waals surface area contributed by atoms with Gasteiger partial charge in [0.05, 0.1) is 0 Å². The summed E-state index contributed by atoms with van der Waals surface area (Å²) in [5, 5.41) is 12.0. The van der Waals surface area contributed by atoms with Crippen molar-refractivity contribution < 1.29 is 14.7 Å². The van der Waals surface area contributed by atoms with Gasteiger partial charge in [-0.05, 0) is 25.8 Å². The Hall–Kier alpha value is -1.10. The van der Waals surface area contributed by atoms with Crippen LogP contribution in [0.5, 0.6) is 0 Å². The van der Waals surface area contributed by atoms with Crippen molar-refractivity contribution in [3.8, 4) is 0 Å². The fraction of sp³-hybridized carbons (Fsp3) is 0.833. The van der Waals surface area contributed by atoms with Gasteiger partial charge in [-0.2, -0.15) is 0 Å². The Balaban J connectivity index is 2.66. The highest BCUT2D eigenvalue weighted by molar-refractivity contribution is 5.88. The van der Waals surface area contributed by atoms with Crippen LogP contribution in [0.3, 0.4) is 0 Å². The normalized spacial score (nSPS) is 20.6. The molecule has 0 heterocycles. The maximum Gasteiger partial charge on any atom is 0.329 e. The van der Waals surface area contributed by atoms with Gasteiger partial charge in [0.25, 0.3) is 0 Å². The van der Waals surface area contributed by atoms with Crippen molar-refractivity contribution in [2.45, 2.75) is 51.0 Å². The average Bonchev–Trinajstić information content (AvgIpc) is 2.30. The lowest BCUT2D eigenvalue weighted by Gasteiger charge is -2.34. The third kappa shape index (κ3) is 3.43. The Morgan fingerprint density at radius 3 is 2.41 bits per heavy atom. The molecular weight excluding hydrogens is 220 g/mol. The molecular formula is C12H22N2O3. The molecule has 0 radical (unpaired) electrons. The van der Waals surface area contributed by atoms with Crippen LogP contribution in [0.2, 0.25) is 0 Å². The van der Waals surface area contributed by atoms with E-state index < -0.39 is 11.5 Å². The molecule has 0 saturated heterocycles. The Morgan fingerprint density at radius 1 is 1.35 bits per heavy atom. The highest BCUT2D eigenvalue weighted by Crippen LogP contribution is 2.28. The van der Waals surface area contributed by atoms with E-state index in [-0.39, 0.29) is 11.8 Å². The third-order valence-electron chi connectivity index (χ3n) is 3.53. The monoisotopic (exact) mass is 242 g/mol. The molecule has 0 spiro atoms. The lowest BCUT2D eigenvalue weighted by Crippen LogP contribution is -2.56. The standard InChI is InChI=1S/C12H22N2O3/c1-9(5-8-13)10(15)14-12(11(16)17)6-3-2-4-7-12/h9H,2-8,13H2,1H3,(H,14,15)(H,16,17). The second kappa shape index (κ2) is 6.00. The molecule has 0 bridgehead atoms. The van der Waals surface area contributed by atoms with E-state index in [0.29, 0.717) is 25.8 Å². The number of carboxylic acids is 1.